The van der Waals surface area contributed by atoms with Gasteiger partial charge in [0.15, 0.2) is 0 Å². The SMILES string of the molecule is C=C(C)C(O)c1coc(C(=O)c2cncnc2N[C@@H]2C[C@H](CO)[C@@H](O[S-](#P)I)C2)c1. The maximum atomic E-state index is 13.0. The fourth-order valence-corrected chi connectivity index (χ4v) is 5.02. The molecule has 0 bridgehead atoms. The number of nitrogens with zero attached hydrogens (tertiary/aromatic N) is 2. The molecule has 1 fully saturated rings. The van der Waals surface area contributed by atoms with Crippen LogP contribution in [-0.4, -0.2) is 44.7 Å². The van der Waals surface area contributed by atoms with E-state index in [0.717, 1.165) is 0 Å². The molecular formula is C19H22IN3O5PS-. The van der Waals surface area contributed by atoms with Gasteiger partial charge in [-0.3, -0.25) is 0 Å². The molecule has 2 aromatic heterocycles. The van der Waals surface area contributed by atoms with Crippen molar-refractivity contribution >= 4 is 47.9 Å². The normalized spacial score (nSPS) is 22.2. The molecule has 30 heavy (non-hydrogen) atoms. The van der Waals surface area contributed by atoms with Gasteiger partial charge in [-0.15, -0.1) is 0 Å². The summed E-state index contributed by atoms with van der Waals surface area (Å²) in [6, 6.07) is 1.47. The van der Waals surface area contributed by atoms with Crippen LogP contribution in [-0.2, 0) is 11.5 Å². The molecule has 3 rings (SSSR count). The molecule has 0 radical (unpaired) electrons. The number of hydrogen-bond acceptors (Lipinski definition) is 9. The number of carbonyl (C=O) groups is 1. The Morgan fingerprint density at radius 1 is 1.57 bits per heavy atom. The summed E-state index contributed by atoms with van der Waals surface area (Å²) in [5.41, 5.74) is 1.27. The van der Waals surface area contributed by atoms with Crippen LogP contribution in [0.15, 0.2) is 41.4 Å². The van der Waals surface area contributed by atoms with Crippen molar-refractivity contribution < 1.29 is 23.6 Å². The van der Waals surface area contributed by atoms with Gasteiger partial charge in [0.2, 0.25) is 0 Å². The molecule has 0 aromatic carbocycles. The van der Waals surface area contributed by atoms with Gasteiger partial charge in [-0.05, 0) is 12.5 Å². The zero-order valence-electron chi connectivity index (χ0n) is 16.2. The number of hydrogen-bond donors (Lipinski definition) is 3. The third-order valence-corrected chi connectivity index (χ3v) is 6.28. The third-order valence-electron chi connectivity index (χ3n) is 4.99. The second-order valence-electron chi connectivity index (χ2n) is 7.20. The minimum atomic E-state index is -0.903. The molecule has 8 nitrogen and oxygen atoms in total. The summed E-state index contributed by atoms with van der Waals surface area (Å²) in [5.74, 6) is 0.0479. The molecule has 162 valence electrons. The first-order valence-corrected chi connectivity index (χ1v) is 13.9. The number of aliphatic hydroxyl groups excluding tert-OH is 2. The number of carbonyl (C=O) groups excluding carboxylic acids is 1. The van der Waals surface area contributed by atoms with Crippen molar-refractivity contribution in [3.63, 3.8) is 0 Å². The first kappa shape index (κ1) is 23.6. The van der Waals surface area contributed by atoms with E-state index in [4.69, 9.17) is 8.60 Å². The van der Waals surface area contributed by atoms with E-state index < -0.39 is 19.2 Å². The molecule has 1 aliphatic carbocycles. The van der Waals surface area contributed by atoms with Crippen LogP contribution in [0.2, 0.25) is 0 Å². The van der Waals surface area contributed by atoms with E-state index in [-0.39, 0.29) is 36.0 Å². The first-order chi connectivity index (χ1) is 14.3. The molecule has 2 heterocycles. The van der Waals surface area contributed by atoms with Crippen LogP contribution in [0.1, 0.15) is 47.6 Å². The van der Waals surface area contributed by atoms with Gasteiger partial charge in [0.1, 0.15) is 6.10 Å². The number of halogens is 1. The Morgan fingerprint density at radius 2 is 2.33 bits per heavy atom. The monoisotopic (exact) mass is 562 g/mol. The van der Waals surface area contributed by atoms with E-state index >= 15 is 0 Å². The van der Waals surface area contributed by atoms with Crippen molar-refractivity contribution in [2.75, 3.05) is 11.9 Å². The molecule has 1 saturated carbocycles. The Kier molecular flexibility index (Phi) is 8.28. The molecule has 0 aliphatic heterocycles. The van der Waals surface area contributed by atoms with Crippen molar-refractivity contribution in [2.24, 2.45) is 5.92 Å². The number of rotatable bonds is 8. The van der Waals surface area contributed by atoms with Crippen molar-refractivity contribution in [1.29, 1.82) is 0 Å². The van der Waals surface area contributed by atoms with Crippen LogP contribution in [0, 0.1) is 5.92 Å². The summed E-state index contributed by atoms with van der Waals surface area (Å²) in [7, 11) is 3.76. The molecule has 2 aromatic rings. The van der Waals surface area contributed by atoms with Crippen LogP contribution in [0.25, 0.3) is 0 Å². The molecule has 1 aliphatic rings. The van der Waals surface area contributed by atoms with Crippen LogP contribution >= 0.6 is 29.0 Å². The van der Waals surface area contributed by atoms with Gasteiger partial charge < -0.3 is 5.11 Å². The van der Waals surface area contributed by atoms with Crippen LogP contribution in [0.3, 0.4) is 0 Å². The molecule has 0 saturated heterocycles. The summed E-state index contributed by atoms with van der Waals surface area (Å²) in [6.45, 7) is 5.42. The van der Waals surface area contributed by atoms with Gasteiger partial charge in [-0.2, -0.15) is 0 Å². The van der Waals surface area contributed by atoms with Crippen LogP contribution in [0.5, 0.6) is 0 Å². The zero-order valence-corrected chi connectivity index (χ0v) is 20.1. The average Bonchev–Trinajstić information content (AvgIpc) is 3.34. The Bertz CT molecular complexity index is 1010. The number of aliphatic hydroxyl groups is 2. The van der Waals surface area contributed by atoms with Gasteiger partial charge in [0, 0.05) is 0 Å². The topological polar surface area (TPSA) is 118 Å². The van der Waals surface area contributed by atoms with Crippen LogP contribution in [0.4, 0.5) is 5.82 Å². The maximum absolute atomic E-state index is 13.0. The van der Waals surface area contributed by atoms with Crippen molar-refractivity contribution in [2.45, 2.75) is 38.0 Å². The number of furan rings is 1. The van der Waals surface area contributed by atoms with Gasteiger partial charge in [-0.1, -0.05) is 6.58 Å². The van der Waals surface area contributed by atoms with E-state index in [0.29, 0.717) is 29.8 Å². The second kappa shape index (κ2) is 10.5. The van der Waals surface area contributed by atoms with Crippen molar-refractivity contribution in [3.8, 4) is 0 Å². The third kappa shape index (κ3) is 5.60. The van der Waals surface area contributed by atoms with E-state index in [1.54, 1.807) is 6.92 Å². The molecule has 4 atom stereocenters. The summed E-state index contributed by atoms with van der Waals surface area (Å²) < 4.78 is 11.2. The predicted octanol–water partition coefficient (Wildman–Crippen LogP) is 3.69. The van der Waals surface area contributed by atoms with Crippen molar-refractivity contribution in [1.82, 2.24) is 9.97 Å². The fraction of sp³-hybridized carbons (Fsp3) is 0.421. The summed E-state index contributed by atoms with van der Waals surface area (Å²) >= 11 is 2.09. The van der Waals surface area contributed by atoms with Gasteiger partial charge in [0.05, 0.1) is 0 Å². The predicted molar refractivity (Wildman–Crippen MR) is 124 cm³/mol. The van der Waals surface area contributed by atoms with Gasteiger partial charge in [-0.25, -0.2) is 0 Å². The molecule has 11 heteroatoms. The summed E-state index contributed by atoms with van der Waals surface area (Å²) in [4.78, 5) is 21.2. The Labute approximate surface area is 190 Å². The molecular weight excluding hydrogens is 540 g/mol. The zero-order chi connectivity index (χ0) is 21.8. The number of aromatic nitrogens is 2. The molecule has 1 unspecified atom stereocenters. The summed E-state index contributed by atoms with van der Waals surface area (Å²) in [6.07, 6.45) is 4.44. The number of anilines is 1. The molecule has 0 amide bonds. The van der Waals surface area contributed by atoms with Crippen molar-refractivity contribution in [3.05, 3.63) is 53.9 Å². The standard InChI is InChI=1S/C19H22IN3O5PS/c1-10(2)17(25)12-4-16(27-8-12)18(26)14-6-21-9-22-19(14)23-13-3-11(7-24)15(5-13)28-30(20)29/h4,6,8-9,11,13,15,17,24-25H,1,3,5,7H2,2H3,(H,21,22,23)/q-1/t11-,13-,15+,17?/m1/s1. The minimum absolute atomic E-state index is 0.0141. The van der Waals surface area contributed by atoms with Crippen LogP contribution < -0.4 is 5.32 Å². The van der Waals surface area contributed by atoms with Gasteiger partial charge >= 0.3 is 161 Å². The van der Waals surface area contributed by atoms with E-state index in [2.05, 4.69) is 50.9 Å². The molecule has 0 spiro atoms. The fourth-order valence-electron chi connectivity index (χ4n) is 3.45. The number of ketones is 1. The Hall–Kier alpha value is -1.04. The van der Waals surface area contributed by atoms with Gasteiger partial charge in [0.25, 0.3) is 0 Å². The second-order valence-corrected chi connectivity index (χ2v) is 13.3. The quantitative estimate of drug-likeness (QED) is 0.147. The Morgan fingerprint density at radius 3 is 3.00 bits per heavy atom. The summed E-state index contributed by atoms with van der Waals surface area (Å²) in [5, 5.41) is 23.0. The van der Waals surface area contributed by atoms with E-state index in [1.807, 2.05) is 0 Å². The van der Waals surface area contributed by atoms with E-state index in [9.17, 15) is 15.0 Å². The molecule has 3 N–H and O–H groups in total. The number of nitrogens with one attached hydrogen (secondary N) is 1. The average molecular weight is 562 g/mol. The first-order valence-electron chi connectivity index (χ1n) is 9.20. The van der Waals surface area contributed by atoms with E-state index in [1.165, 1.54) is 24.9 Å². The Balaban J connectivity index is 1.78.